The SMILES string of the molecule is CC(=O)Sc1ccc(Cc2nc(C(N)=O)n[nH]2)cc1. The zero-order valence-corrected chi connectivity index (χ0v) is 11.0. The molecule has 2 rings (SSSR count). The molecule has 0 saturated heterocycles. The number of nitrogens with zero attached hydrogens (tertiary/aromatic N) is 2. The Morgan fingerprint density at radius 2 is 2.00 bits per heavy atom. The van der Waals surface area contributed by atoms with Gasteiger partial charge >= 0.3 is 0 Å². The molecule has 0 saturated carbocycles. The van der Waals surface area contributed by atoms with Crippen LogP contribution < -0.4 is 5.73 Å². The van der Waals surface area contributed by atoms with Gasteiger partial charge in [0.25, 0.3) is 5.91 Å². The summed E-state index contributed by atoms with van der Waals surface area (Å²) in [6, 6.07) is 7.54. The van der Waals surface area contributed by atoms with Crippen LogP contribution in [-0.2, 0) is 11.2 Å². The maximum absolute atomic E-state index is 11.0. The number of amides is 1. The maximum atomic E-state index is 11.0. The van der Waals surface area contributed by atoms with E-state index in [4.69, 9.17) is 5.73 Å². The van der Waals surface area contributed by atoms with Crippen molar-refractivity contribution >= 4 is 22.8 Å². The summed E-state index contributed by atoms with van der Waals surface area (Å²) >= 11 is 1.19. The van der Waals surface area contributed by atoms with E-state index in [-0.39, 0.29) is 10.9 Å². The third kappa shape index (κ3) is 3.65. The average Bonchev–Trinajstić information content (AvgIpc) is 2.80. The van der Waals surface area contributed by atoms with Gasteiger partial charge in [-0.1, -0.05) is 23.9 Å². The number of carbonyl (C=O) groups excluding carboxylic acids is 2. The van der Waals surface area contributed by atoms with Crippen molar-refractivity contribution in [1.82, 2.24) is 15.2 Å². The van der Waals surface area contributed by atoms with Gasteiger partial charge in [0.1, 0.15) is 5.82 Å². The van der Waals surface area contributed by atoms with E-state index in [1.54, 1.807) is 0 Å². The number of carbonyl (C=O) groups is 2. The number of nitrogens with one attached hydrogen (secondary N) is 1. The van der Waals surface area contributed by atoms with Gasteiger partial charge < -0.3 is 5.73 Å². The molecular formula is C12H12N4O2S. The van der Waals surface area contributed by atoms with Crippen molar-refractivity contribution < 1.29 is 9.59 Å². The van der Waals surface area contributed by atoms with Gasteiger partial charge in [-0.05, 0) is 17.7 Å². The Labute approximate surface area is 113 Å². The molecule has 98 valence electrons. The number of thioether (sulfide) groups is 1. The summed E-state index contributed by atoms with van der Waals surface area (Å²) in [5, 5.41) is 6.42. The van der Waals surface area contributed by atoms with Gasteiger partial charge in [0.2, 0.25) is 5.82 Å². The van der Waals surface area contributed by atoms with E-state index in [1.165, 1.54) is 18.7 Å². The molecule has 0 spiro atoms. The molecule has 0 atom stereocenters. The van der Waals surface area contributed by atoms with E-state index in [2.05, 4.69) is 15.2 Å². The van der Waals surface area contributed by atoms with Crippen molar-refractivity contribution in [2.45, 2.75) is 18.2 Å². The predicted octanol–water partition coefficient (Wildman–Crippen LogP) is 1.13. The van der Waals surface area contributed by atoms with E-state index < -0.39 is 5.91 Å². The van der Waals surface area contributed by atoms with Crippen molar-refractivity contribution in [1.29, 1.82) is 0 Å². The van der Waals surface area contributed by atoms with Crippen molar-refractivity contribution in [3.05, 3.63) is 41.5 Å². The number of aromatic nitrogens is 3. The van der Waals surface area contributed by atoms with E-state index >= 15 is 0 Å². The van der Waals surface area contributed by atoms with Gasteiger partial charge in [0.05, 0.1) is 0 Å². The summed E-state index contributed by atoms with van der Waals surface area (Å²) in [4.78, 5) is 26.7. The minimum absolute atomic E-state index is 0.0150. The van der Waals surface area contributed by atoms with Gasteiger partial charge in [-0.2, -0.15) is 0 Å². The predicted molar refractivity (Wildman–Crippen MR) is 70.7 cm³/mol. The average molecular weight is 276 g/mol. The van der Waals surface area contributed by atoms with E-state index in [9.17, 15) is 9.59 Å². The first-order valence-electron chi connectivity index (χ1n) is 5.53. The first-order chi connectivity index (χ1) is 9.04. The molecule has 1 heterocycles. The van der Waals surface area contributed by atoms with Crippen LogP contribution in [0.1, 0.15) is 28.9 Å². The Morgan fingerprint density at radius 3 is 2.53 bits per heavy atom. The van der Waals surface area contributed by atoms with Gasteiger partial charge in [-0.3, -0.25) is 14.7 Å². The normalized spacial score (nSPS) is 10.4. The molecule has 0 unspecified atom stereocenters. The number of rotatable bonds is 4. The van der Waals surface area contributed by atoms with Gasteiger partial charge in [-0.25, -0.2) is 4.98 Å². The quantitative estimate of drug-likeness (QED) is 0.815. The first-order valence-corrected chi connectivity index (χ1v) is 6.34. The van der Waals surface area contributed by atoms with Crippen LogP contribution >= 0.6 is 11.8 Å². The van der Waals surface area contributed by atoms with Crippen LogP contribution in [0.2, 0.25) is 0 Å². The number of nitrogens with two attached hydrogens (primary N) is 1. The first kappa shape index (κ1) is 13.3. The standard InChI is InChI=1S/C12H12N4O2S/c1-7(17)19-9-4-2-8(3-5-9)6-10-14-12(11(13)18)16-15-10/h2-5H,6H2,1H3,(H2,13,18)(H,14,15,16). The lowest BCUT2D eigenvalue weighted by Gasteiger charge is -2.00. The Bertz CT molecular complexity index is 606. The molecule has 0 aliphatic carbocycles. The van der Waals surface area contributed by atoms with E-state index in [0.29, 0.717) is 12.2 Å². The van der Waals surface area contributed by atoms with Gasteiger partial charge in [0, 0.05) is 18.2 Å². The molecule has 7 heteroatoms. The van der Waals surface area contributed by atoms with Gasteiger partial charge in [0.15, 0.2) is 5.12 Å². The zero-order chi connectivity index (χ0) is 13.8. The highest BCUT2D eigenvalue weighted by Gasteiger charge is 2.08. The Morgan fingerprint density at radius 1 is 1.32 bits per heavy atom. The van der Waals surface area contributed by atoms with Crippen LogP contribution in [0, 0.1) is 0 Å². The molecule has 3 N–H and O–H groups in total. The molecule has 1 aromatic heterocycles. The van der Waals surface area contributed by atoms with Crippen LogP contribution in [0.15, 0.2) is 29.2 Å². The van der Waals surface area contributed by atoms with Crippen LogP contribution in [0.4, 0.5) is 0 Å². The number of primary amides is 1. The van der Waals surface area contributed by atoms with Gasteiger partial charge in [-0.15, -0.1) is 5.10 Å². The van der Waals surface area contributed by atoms with Crippen molar-refractivity contribution in [3.8, 4) is 0 Å². The molecule has 19 heavy (non-hydrogen) atoms. The summed E-state index contributed by atoms with van der Waals surface area (Å²) in [6.45, 7) is 1.53. The number of benzene rings is 1. The molecule has 6 nitrogen and oxygen atoms in total. The summed E-state index contributed by atoms with van der Waals surface area (Å²) in [6.07, 6.45) is 0.519. The molecule has 0 aliphatic rings. The second-order valence-corrected chi connectivity index (χ2v) is 5.13. The number of hydrogen-bond acceptors (Lipinski definition) is 5. The second-order valence-electron chi connectivity index (χ2n) is 3.88. The molecule has 0 fully saturated rings. The molecule has 0 aliphatic heterocycles. The van der Waals surface area contributed by atoms with Crippen LogP contribution in [0.5, 0.6) is 0 Å². The molecule has 1 amide bonds. The monoisotopic (exact) mass is 276 g/mol. The minimum atomic E-state index is -0.657. The third-order valence-corrected chi connectivity index (χ3v) is 3.10. The molecular weight excluding hydrogens is 264 g/mol. The molecule has 0 bridgehead atoms. The highest BCUT2D eigenvalue weighted by Crippen LogP contribution is 2.19. The van der Waals surface area contributed by atoms with Crippen LogP contribution in [-0.4, -0.2) is 26.2 Å². The zero-order valence-electron chi connectivity index (χ0n) is 10.2. The lowest BCUT2D eigenvalue weighted by molar-refractivity contribution is -0.109. The van der Waals surface area contributed by atoms with Crippen LogP contribution in [0.25, 0.3) is 0 Å². The molecule has 0 radical (unpaired) electrons. The number of aromatic amines is 1. The fourth-order valence-corrected chi connectivity index (χ4v) is 2.12. The van der Waals surface area contributed by atoms with Crippen molar-refractivity contribution in [2.24, 2.45) is 5.73 Å². The van der Waals surface area contributed by atoms with E-state index in [1.807, 2.05) is 24.3 Å². The minimum Gasteiger partial charge on any atom is -0.363 e. The summed E-state index contributed by atoms with van der Waals surface area (Å²) in [5.74, 6) is -0.102. The smallest absolute Gasteiger partial charge is 0.288 e. The fourth-order valence-electron chi connectivity index (χ4n) is 1.52. The number of H-pyrrole nitrogens is 1. The summed E-state index contributed by atoms with van der Waals surface area (Å²) < 4.78 is 0. The maximum Gasteiger partial charge on any atom is 0.288 e. The largest absolute Gasteiger partial charge is 0.363 e. The lowest BCUT2D eigenvalue weighted by Crippen LogP contribution is -2.12. The van der Waals surface area contributed by atoms with Crippen molar-refractivity contribution in [2.75, 3.05) is 0 Å². The molecule has 2 aromatic rings. The second kappa shape index (κ2) is 5.66. The molecule has 1 aromatic carbocycles. The Kier molecular flexibility index (Phi) is 3.96. The highest BCUT2D eigenvalue weighted by molar-refractivity contribution is 8.13. The van der Waals surface area contributed by atoms with E-state index in [0.717, 1.165) is 10.5 Å². The van der Waals surface area contributed by atoms with Crippen LogP contribution in [0.3, 0.4) is 0 Å². The topological polar surface area (TPSA) is 102 Å². The fraction of sp³-hybridized carbons (Fsp3) is 0.167. The summed E-state index contributed by atoms with van der Waals surface area (Å²) in [7, 11) is 0. The lowest BCUT2D eigenvalue weighted by atomic mass is 10.1. The highest BCUT2D eigenvalue weighted by atomic mass is 32.2. The third-order valence-electron chi connectivity index (χ3n) is 2.31. The van der Waals surface area contributed by atoms with Crippen molar-refractivity contribution in [3.63, 3.8) is 0 Å². The Hall–Kier alpha value is -2.15. The Balaban J connectivity index is 2.06. The summed E-state index contributed by atoms with van der Waals surface area (Å²) in [5.41, 5.74) is 6.07. The number of hydrogen-bond donors (Lipinski definition) is 2.